The highest BCUT2D eigenvalue weighted by atomic mass is 32.1. The summed E-state index contributed by atoms with van der Waals surface area (Å²) in [5, 5.41) is 1.30. The molecule has 3 heteroatoms. The molecule has 1 aromatic heterocycles. The van der Waals surface area contributed by atoms with Crippen molar-refractivity contribution >= 4 is 11.3 Å². The first-order valence-electron chi connectivity index (χ1n) is 4.92. The van der Waals surface area contributed by atoms with Crippen molar-refractivity contribution in [3.63, 3.8) is 0 Å². The second kappa shape index (κ2) is 3.39. The molecule has 0 saturated heterocycles. The Hall–Kier alpha value is -0.410. The lowest BCUT2D eigenvalue weighted by atomic mass is 10.2. The van der Waals surface area contributed by atoms with Crippen molar-refractivity contribution in [2.75, 3.05) is 0 Å². The van der Waals surface area contributed by atoms with E-state index in [0.717, 1.165) is 6.42 Å². The number of rotatable bonds is 3. The zero-order valence-corrected chi connectivity index (χ0v) is 8.97. The molecular formula is C10H16N2S. The van der Waals surface area contributed by atoms with Crippen LogP contribution in [0.2, 0.25) is 0 Å². The average Bonchev–Trinajstić information content (AvgIpc) is 2.78. The number of aryl methyl sites for hydroxylation is 1. The maximum atomic E-state index is 5.84. The molecule has 13 heavy (non-hydrogen) atoms. The van der Waals surface area contributed by atoms with E-state index in [9.17, 15) is 0 Å². The largest absolute Gasteiger partial charge is 0.328 e. The van der Waals surface area contributed by atoms with Crippen LogP contribution in [0.15, 0.2) is 6.20 Å². The molecule has 0 bridgehead atoms. The molecule has 0 radical (unpaired) electrons. The molecule has 0 aromatic carbocycles. The topological polar surface area (TPSA) is 38.9 Å². The van der Waals surface area contributed by atoms with Gasteiger partial charge in [0.1, 0.15) is 0 Å². The molecular weight excluding hydrogens is 180 g/mol. The molecule has 2 rings (SSSR count). The SMILES string of the molecule is CCc1cnc(C2CC2C(C)N)s1. The van der Waals surface area contributed by atoms with Crippen LogP contribution in [0, 0.1) is 5.92 Å². The monoisotopic (exact) mass is 196 g/mol. The molecule has 1 aliphatic carbocycles. The summed E-state index contributed by atoms with van der Waals surface area (Å²) < 4.78 is 0. The van der Waals surface area contributed by atoms with E-state index in [-0.39, 0.29) is 0 Å². The zero-order chi connectivity index (χ0) is 9.42. The summed E-state index contributed by atoms with van der Waals surface area (Å²) in [7, 11) is 0. The molecule has 0 amide bonds. The summed E-state index contributed by atoms with van der Waals surface area (Å²) in [6, 6.07) is 0.332. The maximum Gasteiger partial charge on any atom is 0.0962 e. The highest BCUT2D eigenvalue weighted by Crippen LogP contribution is 2.49. The highest BCUT2D eigenvalue weighted by Gasteiger charge is 2.42. The van der Waals surface area contributed by atoms with Crippen LogP contribution >= 0.6 is 11.3 Å². The minimum absolute atomic E-state index is 0.332. The van der Waals surface area contributed by atoms with Crippen LogP contribution in [0.5, 0.6) is 0 Å². The molecule has 1 aliphatic rings. The van der Waals surface area contributed by atoms with Gasteiger partial charge in [-0.25, -0.2) is 4.98 Å². The van der Waals surface area contributed by atoms with E-state index in [4.69, 9.17) is 5.73 Å². The minimum atomic E-state index is 0.332. The van der Waals surface area contributed by atoms with Gasteiger partial charge >= 0.3 is 0 Å². The van der Waals surface area contributed by atoms with Gasteiger partial charge in [-0.2, -0.15) is 0 Å². The predicted molar refractivity (Wildman–Crippen MR) is 56.0 cm³/mol. The minimum Gasteiger partial charge on any atom is -0.328 e. The fraction of sp³-hybridized carbons (Fsp3) is 0.700. The summed E-state index contributed by atoms with van der Waals surface area (Å²) in [5.74, 6) is 1.36. The van der Waals surface area contributed by atoms with Gasteiger partial charge in [0.25, 0.3) is 0 Å². The quantitative estimate of drug-likeness (QED) is 0.804. The van der Waals surface area contributed by atoms with Gasteiger partial charge in [-0.15, -0.1) is 11.3 Å². The maximum absolute atomic E-state index is 5.84. The van der Waals surface area contributed by atoms with Gasteiger partial charge < -0.3 is 5.73 Å². The van der Waals surface area contributed by atoms with Crippen LogP contribution in [0.25, 0.3) is 0 Å². The Morgan fingerprint density at radius 2 is 2.54 bits per heavy atom. The molecule has 3 atom stereocenters. The smallest absolute Gasteiger partial charge is 0.0962 e. The number of nitrogens with zero attached hydrogens (tertiary/aromatic N) is 1. The van der Waals surface area contributed by atoms with Gasteiger partial charge in [0.05, 0.1) is 5.01 Å². The third kappa shape index (κ3) is 1.76. The lowest BCUT2D eigenvalue weighted by molar-refractivity contribution is 0.631. The van der Waals surface area contributed by atoms with Gasteiger partial charge in [0.2, 0.25) is 0 Å². The van der Waals surface area contributed by atoms with Gasteiger partial charge in [-0.3, -0.25) is 0 Å². The first kappa shape index (κ1) is 9.16. The Kier molecular flexibility index (Phi) is 2.39. The third-order valence-corrected chi connectivity index (χ3v) is 4.03. The second-order valence-corrected chi connectivity index (χ2v) is 5.03. The summed E-state index contributed by atoms with van der Waals surface area (Å²) >= 11 is 1.86. The van der Waals surface area contributed by atoms with E-state index in [1.54, 1.807) is 0 Å². The molecule has 1 fully saturated rings. The van der Waals surface area contributed by atoms with Crippen molar-refractivity contribution in [1.82, 2.24) is 4.98 Å². The average molecular weight is 196 g/mol. The van der Waals surface area contributed by atoms with Gasteiger partial charge in [0, 0.05) is 23.0 Å². The molecule has 2 nitrogen and oxygen atoms in total. The summed E-state index contributed by atoms with van der Waals surface area (Å²) in [5.41, 5.74) is 5.84. The number of aromatic nitrogens is 1. The number of nitrogens with two attached hydrogens (primary N) is 1. The molecule has 0 spiro atoms. The Bertz CT molecular complexity index is 293. The molecule has 0 aliphatic heterocycles. The highest BCUT2D eigenvalue weighted by molar-refractivity contribution is 7.11. The van der Waals surface area contributed by atoms with Crippen LogP contribution in [-0.4, -0.2) is 11.0 Å². The van der Waals surface area contributed by atoms with Crippen LogP contribution < -0.4 is 5.73 Å². The van der Waals surface area contributed by atoms with E-state index in [1.165, 1.54) is 16.3 Å². The van der Waals surface area contributed by atoms with Crippen molar-refractivity contribution in [3.8, 4) is 0 Å². The van der Waals surface area contributed by atoms with E-state index in [1.807, 2.05) is 17.5 Å². The number of thiazole rings is 1. The Morgan fingerprint density at radius 1 is 1.77 bits per heavy atom. The van der Waals surface area contributed by atoms with E-state index < -0.39 is 0 Å². The van der Waals surface area contributed by atoms with Gasteiger partial charge in [-0.1, -0.05) is 6.92 Å². The third-order valence-electron chi connectivity index (χ3n) is 2.75. The summed E-state index contributed by atoms with van der Waals surface area (Å²) in [4.78, 5) is 5.84. The molecule has 2 N–H and O–H groups in total. The Morgan fingerprint density at radius 3 is 3.00 bits per heavy atom. The second-order valence-electron chi connectivity index (χ2n) is 3.88. The number of hydrogen-bond donors (Lipinski definition) is 1. The first-order valence-corrected chi connectivity index (χ1v) is 5.74. The van der Waals surface area contributed by atoms with E-state index in [0.29, 0.717) is 17.9 Å². The molecule has 72 valence electrons. The number of hydrogen-bond acceptors (Lipinski definition) is 3. The van der Waals surface area contributed by atoms with Crippen molar-refractivity contribution in [2.24, 2.45) is 11.7 Å². The first-order chi connectivity index (χ1) is 6.22. The van der Waals surface area contributed by atoms with Crippen molar-refractivity contribution in [1.29, 1.82) is 0 Å². The molecule has 1 heterocycles. The molecule has 1 aromatic rings. The molecule has 1 saturated carbocycles. The van der Waals surface area contributed by atoms with Crippen LogP contribution in [-0.2, 0) is 6.42 Å². The van der Waals surface area contributed by atoms with Crippen LogP contribution in [0.1, 0.15) is 36.1 Å². The fourth-order valence-corrected chi connectivity index (χ4v) is 2.78. The Balaban J connectivity index is 2.03. The fourth-order valence-electron chi connectivity index (χ4n) is 1.74. The Labute approximate surface area is 83.2 Å². The van der Waals surface area contributed by atoms with Crippen LogP contribution in [0.3, 0.4) is 0 Å². The summed E-state index contributed by atoms with van der Waals surface area (Å²) in [6.45, 7) is 4.27. The molecule has 3 unspecified atom stereocenters. The lowest BCUT2D eigenvalue weighted by Gasteiger charge is -2.00. The normalized spacial score (nSPS) is 28.8. The van der Waals surface area contributed by atoms with Crippen LogP contribution in [0.4, 0.5) is 0 Å². The zero-order valence-electron chi connectivity index (χ0n) is 8.16. The van der Waals surface area contributed by atoms with Crippen molar-refractivity contribution < 1.29 is 0 Å². The lowest BCUT2D eigenvalue weighted by Crippen LogP contribution is -2.17. The van der Waals surface area contributed by atoms with E-state index >= 15 is 0 Å². The standard InChI is InChI=1S/C10H16N2S/c1-3-7-5-12-10(13-7)9-4-8(9)6(2)11/h5-6,8-9H,3-4,11H2,1-2H3. The predicted octanol–water partition coefficient (Wildman–Crippen LogP) is 2.16. The van der Waals surface area contributed by atoms with E-state index in [2.05, 4.69) is 18.8 Å². The van der Waals surface area contributed by atoms with Gasteiger partial charge in [-0.05, 0) is 25.7 Å². The summed E-state index contributed by atoms with van der Waals surface area (Å²) in [6.07, 6.45) is 4.36. The van der Waals surface area contributed by atoms with Gasteiger partial charge in [0.15, 0.2) is 0 Å². The van der Waals surface area contributed by atoms with Crippen molar-refractivity contribution in [2.45, 2.75) is 38.6 Å². The van der Waals surface area contributed by atoms with Crippen molar-refractivity contribution in [3.05, 3.63) is 16.1 Å².